The van der Waals surface area contributed by atoms with Gasteiger partial charge in [-0.2, -0.15) is 0 Å². The first-order valence-electron chi connectivity index (χ1n) is 6.12. The fraction of sp³-hybridized carbons (Fsp3) is 0.0714. The minimum atomic E-state index is -1.85. The number of hydrogen-bond donors (Lipinski definition) is 3. The van der Waals surface area contributed by atoms with Gasteiger partial charge in [0.05, 0.1) is 12.8 Å². The molecule has 0 aliphatic heterocycles. The molecular weight excluding hydrogens is 276 g/mol. The molecule has 0 fully saturated rings. The van der Waals surface area contributed by atoms with E-state index in [9.17, 15) is 9.18 Å². The molecule has 0 atom stereocenters. The number of hydrogen-bond acceptors (Lipinski definition) is 4. The lowest BCUT2D eigenvalue weighted by Crippen LogP contribution is -2.31. The summed E-state index contributed by atoms with van der Waals surface area (Å²) in [6, 6.07) is 9.94. The highest BCUT2D eigenvalue weighted by Gasteiger charge is 2.17. The zero-order chi connectivity index (χ0) is 15.4. The van der Waals surface area contributed by atoms with Crippen LogP contribution in [0.1, 0.15) is 10.4 Å². The summed E-state index contributed by atoms with van der Waals surface area (Å²) in [7, 11) is -0.383. The number of benzene rings is 2. The Morgan fingerprint density at radius 2 is 1.95 bits per heavy atom. The lowest BCUT2D eigenvalue weighted by Gasteiger charge is -2.10. The Balaban J connectivity index is 2.28. The van der Waals surface area contributed by atoms with Crippen molar-refractivity contribution in [2.45, 2.75) is 0 Å². The topological polar surface area (TPSA) is 78.8 Å². The van der Waals surface area contributed by atoms with E-state index in [1.807, 2.05) is 0 Å². The van der Waals surface area contributed by atoms with Gasteiger partial charge in [-0.05, 0) is 35.8 Å². The zero-order valence-electron chi connectivity index (χ0n) is 11.2. The summed E-state index contributed by atoms with van der Waals surface area (Å²) < 4.78 is 18.5. The third-order valence-electron chi connectivity index (χ3n) is 2.84. The predicted molar refractivity (Wildman–Crippen MR) is 77.2 cm³/mol. The highest BCUT2D eigenvalue weighted by atomic mass is 19.1. The molecule has 5 nitrogen and oxygen atoms in total. The summed E-state index contributed by atoms with van der Waals surface area (Å²) in [4.78, 5) is 12.1. The van der Waals surface area contributed by atoms with Crippen LogP contribution in [0, 0.1) is 5.82 Å². The summed E-state index contributed by atoms with van der Waals surface area (Å²) in [5.41, 5.74) is 0.310. The molecule has 1 amide bonds. The summed E-state index contributed by atoms with van der Waals surface area (Å²) in [5, 5.41) is 20.7. The van der Waals surface area contributed by atoms with Crippen LogP contribution < -0.4 is 15.5 Å². The molecule has 7 heteroatoms. The molecule has 0 aliphatic rings. The predicted octanol–water partition coefficient (Wildman–Crippen LogP) is 0.766. The molecule has 0 heterocycles. The minimum Gasteiger partial charge on any atom is -0.495 e. The van der Waals surface area contributed by atoms with Crippen molar-refractivity contribution in [1.29, 1.82) is 0 Å². The number of halogens is 1. The first kappa shape index (κ1) is 15.0. The number of para-hydroxylation sites is 2. The highest BCUT2D eigenvalue weighted by molar-refractivity contribution is 6.58. The standard InChI is InChI=1S/C14H13BFNO4/c1-21-13-5-3-2-4-12(13)17-14(18)9-6-10(15(19)20)8-11(16)7-9/h2-8,19-20H,1H3,(H,17,18). The van der Waals surface area contributed by atoms with E-state index < -0.39 is 18.8 Å². The SMILES string of the molecule is COc1ccccc1NC(=O)c1cc(F)cc(B(O)O)c1. The van der Waals surface area contributed by atoms with E-state index in [1.165, 1.54) is 13.2 Å². The van der Waals surface area contributed by atoms with Gasteiger partial charge in [-0.25, -0.2) is 4.39 Å². The van der Waals surface area contributed by atoms with E-state index in [4.69, 9.17) is 14.8 Å². The van der Waals surface area contributed by atoms with Crippen LogP contribution in [0.25, 0.3) is 0 Å². The second-order valence-corrected chi connectivity index (χ2v) is 4.30. The molecular formula is C14H13BFNO4. The van der Waals surface area contributed by atoms with Crippen LogP contribution in [0.5, 0.6) is 5.75 Å². The van der Waals surface area contributed by atoms with Gasteiger partial charge in [-0.3, -0.25) is 4.79 Å². The van der Waals surface area contributed by atoms with Crippen molar-refractivity contribution in [3.8, 4) is 5.75 Å². The fourth-order valence-electron chi connectivity index (χ4n) is 1.83. The summed E-state index contributed by atoms with van der Waals surface area (Å²) in [5.74, 6) is -0.851. The van der Waals surface area contributed by atoms with Gasteiger partial charge >= 0.3 is 7.12 Å². The van der Waals surface area contributed by atoms with E-state index in [0.29, 0.717) is 11.4 Å². The molecule has 108 valence electrons. The van der Waals surface area contributed by atoms with Gasteiger partial charge in [0.2, 0.25) is 0 Å². The van der Waals surface area contributed by atoms with Gasteiger partial charge in [0, 0.05) is 5.56 Å². The number of amides is 1. The number of carbonyl (C=O) groups excluding carboxylic acids is 1. The minimum absolute atomic E-state index is 0.0241. The third-order valence-corrected chi connectivity index (χ3v) is 2.84. The Kier molecular flexibility index (Phi) is 4.57. The normalized spacial score (nSPS) is 10.1. The average molecular weight is 289 g/mol. The summed E-state index contributed by atoms with van der Waals surface area (Å²) in [6.45, 7) is 0. The van der Waals surface area contributed by atoms with Crippen molar-refractivity contribution < 1.29 is 24.0 Å². The Labute approximate surface area is 121 Å². The van der Waals surface area contributed by atoms with Gasteiger partial charge in [0.15, 0.2) is 0 Å². The molecule has 0 bridgehead atoms. The molecule has 0 unspecified atom stereocenters. The summed E-state index contributed by atoms with van der Waals surface area (Å²) in [6.07, 6.45) is 0. The van der Waals surface area contributed by atoms with Crippen molar-refractivity contribution >= 4 is 24.2 Å². The monoisotopic (exact) mass is 289 g/mol. The van der Waals surface area contributed by atoms with E-state index in [2.05, 4.69) is 5.32 Å². The Morgan fingerprint density at radius 3 is 2.62 bits per heavy atom. The number of ether oxygens (including phenoxy) is 1. The molecule has 2 aromatic rings. The van der Waals surface area contributed by atoms with E-state index >= 15 is 0 Å². The van der Waals surface area contributed by atoms with E-state index in [1.54, 1.807) is 24.3 Å². The van der Waals surface area contributed by atoms with E-state index in [0.717, 1.165) is 12.1 Å². The van der Waals surface area contributed by atoms with Crippen LogP contribution in [0.15, 0.2) is 42.5 Å². The largest absolute Gasteiger partial charge is 0.495 e. The Bertz CT molecular complexity index is 663. The van der Waals surface area contributed by atoms with Crippen LogP contribution in [0.3, 0.4) is 0 Å². The van der Waals surface area contributed by atoms with Crippen molar-refractivity contribution in [3.63, 3.8) is 0 Å². The lowest BCUT2D eigenvalue weighted by molar-refractivity contribution is 0.102. The van der Waals surface area contributed by atoms with Crippen LogP contribution in [-0.4, -0.2) is 30.2 Å². The summed E-state index contributed by atoms with van der Waals surface area (Å²) >= 11 is 0. The lowest BCUT2D eigenvalue weighted by atomic mass is 9.79. The fourth-order valence-corrected chi connectivity index (χ4v) is 1.83. The maximum Gasteiger partial charge on any atom is 0.488 e. The molecule has 21 heavy (non-hydrogen) atoms. The third kappa shape index (κ3) is 3.59. The van der Waals surface area contributed by atoms with Crippen LogP contribution in [0.4, 0.5) is 10.1 Å². The Hall–Kier alpha value is -2.38. The van der Waals surface area contributed by atoms with Crippen LogP contribution in [-0.2, 0) is 0 Å². The zero-order valence-corrected chi connectivity index (χ0v) is 11.2. The number of nitrogens with one attached hydrogen (secondary N) is 1. The number of carbonyl (C=O) groups is 1. The van der Waals surface area contributed by atoms with Gasteiger partial charge in [-0.1, -0.05) is 12.1 Å². The van der Waals surface area contributed by atoms with E-state index in [-0.39, 0.29) is 11.0 Å². The molecule has 2 rings (SSSR count). The molecule has 0 spiro atoms. The second-order valence-electron chi connectivity index (χ2n) is 4.30. The maximum absolute atomic E-state index is 13.4. The molecule has 0 saturated heterocycles. The molecule has 0 saturated carbocycles. The number of anilines is 1. The highest BCUT2D eigenvalue weighted by Crippen LogP contribution is 2.23. The molecule has 2 aromatic carbocycles. The molecule has 0 aliphatic carbocycles. The first-order chi connectivity index (χ1) is 10.0. The van der Waals surface area contributed by atoms with Gasteiger partial charge in [0.1, 0.15) is 11.6 Å². The Morgan fingerprint density at radius 1 is 1.24 bits per heavy atom. The van der Waals surface area contributed by atoms with Crippen molar-refractivity contribution in [3.05, 3.63) is 53.8 Å². The molecule has 0 aromatic heterocycles. The molecule has 0 radical (unpaired) electrons. The smallest absolute Gasteiger partial charge is 0.488 e. The van der Waals surface area contributed by atoms with Crippen LogP contribution in [0.2, 0.25) is 0 Å². The van der Waals surface area contributed by atoms with Gasteiger partial charge < -0.3 is 20.1 Å². The first-order valence-corrected chi connectivity index (χ1v) is 6.12. The van der Waals surface area contributed by atoms with Crippen molar-refractivity contribution in [2.24, 2.45) is 0 Å². The van der Waals surface area contributed by atoms with Crippen LogP contribution >= 0.6 is 0 Å². The van der Waals surface area contributed by atoms with Crippen molar-refractivity contribution in [1.82, 2.24) is 0 Å². The van der Waals surface area contributed by atoms with Crippen molar-refractivity contribution in [2.75, 3.05) is 12.4 Å². The molecule has 3 N–H and O–H groups in total. The number of methoxy groups -OCH3 is 1. The average Bonchev–Trinajstić information content (AvgIpc) is 2.47. The van der Waals surface area contributed by atoms with Gasteiger partial charge in [-0.15, -0.1) is 0 Å². The maximum atomic E-state index is 13.4. The second kappa shape index (κ2) is 6.38. The van der Waals surface area contributed by atoms with Gasteiger partial charge in [0.25, 0.3) is 5.91 Å². The quantitative estimate of drug-likeness (QED) is 0.726. The number of rotatable bonds is 4.